The molecule has 1 aliphatic rings. The van der Waals surface area contributed by atoms with E-state index >= 15 is 0 Å². The van der Waals surface area contributed by atoms with Gasteiger partial charge in [0, 0.05) is 11.8 Å². The molecule has 2 aromatic rings. The van der Waals surface area contributed by atoms with Crippen molar-refractivity contribution in [2.75, 3.05) is 6.61 Å². The maximum atomic E-state index is 13.7. The van der Waals surface area contributed by atoms with E-state index in [1.54, 1.807) is 32.0 Å². The highest BCUT2D eigenvalue weighted by Gasteiger charge is 2.55. The van der Waals surface area contributed by atoms with Crippen LogP contribution in [0.5, 0.6) is 5.75 Å². The second kappa shape index (κ2) is 11.6. The number of benzene rings is 1. The largest absolute Gasteiger partial charge is 0.462 e. The third-order valence-electron chi connectivity index (χ3n) is 5.86. The summed E-state index contributed by atoms with van der Waals surface area (Å²) >= 11 is 0. The van der Waals surface area contributed by atoms with Gasteiger partial charge in [-0.2, -0.15) is 10.3 Å². The fraction of sp³-hybridized carbons (Fsp3) is 0.500. The number of aryl methyl sites for hydroxylation is 1. The van der Waals surface area contributed by atoms with Crippen molar-refractivity contribution in [3.8, 4) is 11.8 Å². The number of hydrogen-bond donors (Lipinski definition) is 3. The van der Waals surface area contributed by atoms with Gasteiger partial charge in [0.25, 0.3) is 5.56 Å². The van der Waals surface area contributed by atoms with Crippen molar-refractivity contribution in [2.45, 2.75) is 65.2 Å². The van der Waals surface area contributed by atoms with Crippen molar-refractivity contribution >= 4 is 13.7 Å². The Labute approximate surface area is 218 Å². The Balaban J connectivity index is 1.86. The SMILES string of the molecule is Cc1cn(C2OC(COP(=O)(NC(C)C(=O)OC(C)C)Oc3ccccc3)C(O)C2(C)C#N)c(=O)[nH]c1=O. The minimum atomic E-state index is -4.28. The number of esters is 1. The van der Waals surface area contributed by atoms with Crippen molar-refractivity contribution in [1.29, 1.82) is 5.26 Å². The molecule has 1 saturated heterocycles. The van der Waals surface area contributed by atoms with E-state index < -0.39 is 67.6 Å². The van der Waals surface area contributed by atoms with E-state index in [9.17, 15) is 29.3 Å². The van der Waals surface area contributed by atoms with Crippen LogP contribution in [0.25, 0.3) is 0 Å². The predicted octanol–water partition coefficient (Wildman–Crippen LogP) is 1.77. The van der Waals surface area contributed by atoms with Gasteiger partial charge < -0.3 is 19.1 Å². The lowest BCUT2D eigenvalue weighted by atomic mass is 9.84. The van der Waals surface area contributed by atoms with Crippen LogP contribution >= 0.6 is 7.75 Å². The number of para-hydroxylation sites is 1. The van der Waals surface area contributed by atoms with Gasteiger partial charge in [0.1, 0.15) is 29.4 Å². The molecule has 14 heteroatoms. The van der Waals surface area contributed by atoms with E-state index in [2.05, 4.69) is 10.1 Å². The van der Waals surface area contributed by atoms with E-state index in [1.165, 1.54) is 39.1 Å². The zero-order valence-electron chi connectivity index (χ0n) is 21.6. The molecule has 0 bridgehead atoms. The molecule has 1 aromatic carbocycles. The van der Waals surface area contributed by atoms with Crippen LogP contribution in [0.4, 0.5) is 0 Å². The summed E-state index contributed by atoms with van der Waals surface area (Å²) in [6, 6.07) is 8.95. The molecule has 3 rings (SSSR count). The van der Waals surface area contributed by atoms with Gasteiger partial charge in [-0.05, 0) is 46.8 Å². The van der Waals surface area contributed by atoms with Crippen LogP contribution in [-0.4, -0.2) is 51.6 Å². The highest BCUT2D eigenvalue weighted by molar-refractivity contribution is 7.52. The second-order valence-electron chi connectivity index (χ2n) is 9.38. The average molecular weight is 551 g/mol. The second-order valence-corrected chi connectivity index (χ2v) is 11.1. The van der Waals surface area contributed by atoms with Gasteiger partial charge >= 0.3 is 19.4 Å². The number of aliphatic hydroxyl groups is 1. The summed E-state index contributed by atoms with van der Waals surface area (Å²) in [5.41, 5.74) is -2.89. The number of rotatable bonds is 10. The van der Waals surface area contributed by atoms with E-state index in [1.807, 2.05) is 6.07 Å². The van der Waals surface area contributed by atoms with Crippen LogP contribution < -0.4 is 20.9 Å². The van der Waals surface area contributed by atoms with Gasteiger partial charge in [-0.3, -0.25) is 23.7 Å². The van der Waals surface area contributed by atoms with Crippen LogP contribution in [0.1, 0.15) is 39.5 Å². The summed E-state index contributed by atoms with van der Waals surface area (Å²) in [6.07, 6.45) is -3.22. The molecule has 2 heterocycles. The number of aliphatic hydroxyl groups excluding tert-OH is 1. The highest BCUT2D eigenvalue weighted by Crippen LogP contribution is 2.48. The van der Waals surface area contributed by atoms with Gasteiger partial charge in [-0.1, -0.05) is 18.2 Å². The number of aromatic amines is 1. The molecule has 0 radical (unpaired) electrons. The zero-order chi connectivity index (χ0) is 28.3. The molecule has 1 fully saturated rings. The Bertz CT molecular complexity index is 1350. The van der Waals surface area contributed by atoms with Gasteiger partial charge in [0.2, 0.25) is 0 Å². The number of nitriles is 1. The first-order chi connectivity index (χ1) is 17.8. The highest BCUT2D eigenvalue weighted by atomic mass is 31.2. The average Bonchev–Trinajstić information content (AvgIpc) is 3.10. The Morgan fingerprint density at radius 3 is 2.58 bits per heavy atom. The predicted molar refractivity (Wildman–Crippen MR) is 134 cm³/mol. The van der Waals surface area contributed by atoms with Crippen LogP contribution in [0.2, 0.25) is 0 Å². The Morgan fingerprint density at radius 1 is 1.32 bits per heavy atom. The van der Waals surface area contributed by atoms with E-state index in [0.29, 0.717) is 0 Å². The van der Waals surface area contributed by atoms with Crippen molar-refractivity contribution in [2.24, 2.45) is 5.41 Å². The third-order valence-corrected chi connectivity index (χ3v) is 7.50. The molecule has 0 spiro atoms. The number of ether oxygens (including phenoxy) is 2. The molecule has 38 heavy (non-hydrogen) atoms. The fourth-order valence-electron chi connectivity index (χ4n) is 3.79. The lowest BCUT2D eigenvalue weighted by Crippen LogP contribution is -2.41. The number of H-pyrrole nitrogens is 1. The first-order valence-corrected chi connectivity index (χ1v) is 13.4. The lowest BCUT2D eigenvalue weighted by molar-refractivity contribution is -0.149. The fourth-order valence-corrected chi connectivity index (χ4v) is 5.29. The Kier molecular flexibility index (Phi) is 8.97. The summed E-state index contributed by atoms with van der Waals surface area (Å²) in [6.45, 7) is 7.06. The molecule has 1 aliphatic heterocycles. The number of carbonyl (C=O) groups is 1. The number of nitrogens with one attached hydrogen (secondary N) is 2. The molecule has 6 atom stereocenters. The first kappa shape index (κ1) is 29.3. The summed E-state index contributed by atoms with van der Waals surface area (Å²) in [7, 11) is -4.28. The van der Waals surface area contributed by atoms with E-state index in [-0.39, 0.29) is 11.3 Å². The van der Waals surface area contributed by atoms with Crippen molar-refractivity contribution in [3.63, 3.8) is 0 Å². The molecule has 1 aromatic heterocycles. The molecule has 6 unspecified atom stereocenters. The van der Waals surface area contributed by atoms with Gasteiger partial charge in [0.15, 0.2) is 6.23 Å². The molecule has 206 valence electrons. The van der Waals surface area contributed by atoms with Crippen LogP contribution in [-0.2, 0) is 23.4 Å². The standard InChI is InChI=1S/C24H31N4O9P/c1-14(2)35-21(31)16(4)27-38(33,37-17-9-7-6-8-10-17)34-12-18-19(29)24(5,13-25)22(36-18)28-11-15(3)20(30)26-23(28)32/h6-11,14,16,18-19,22,29H,12H2,1-5H3,(H,27,33)(H,26,30,32). The number of nitrogens with zero attached hydrogens (tertiary/aromatic N) is 2. The molecule has 0 aliphatic carbocycles. The first-order valence-electron chi connectivity index (χ1n) is 11.8. The summed E-state index contributed by atoms with van der Waals surface area (Å²) in [5, 5.41) is 23.4. The topological polar surface area (TPSA) is 182 Å². The molecule has 0 amide bonds. The van der Waals surface area contributed by atoms with Gasteiger partial charge in [0.05, 0.1) is 18.8 Å². The summed E-state index contributed by atoms with van der Waals surface area (Å²) in [4.78, 5) is 38.7. The lowest BCUT2D eigenvalue weighted by Gasteiger charge is -2.26. The minimum absolute atomic E-state index is 0.177. The van der Waals surface area contributed by atoms with E-state index in [0.717, 1.165) is 4.57 Å². The molecular formula is C24H31N4O9P. The zero-order valence-corrected chi connectivity index (χ0v) is 22.5. The molecular weight excluding hydrogens is 519 g/mol. The van der Waals surface area contributed by atoms with Crippen LogP contribution in [0.15, 0.2) is 46.1 Å². The number of aromatic nitrogens is 2. The van der Waals surface area contributed by atoms with Crippen molar-refractivity contribution < 1.29 is 33.0 Å². The minimum Gasteiger partial charge on any atom is -0.462 e. The molecule has 13 nitrogen and oxygen atoms in total. The Hall–Kier alpha value is -3.27. The number of hydrogen-bond acceptors (Lipinski definition) is 10. The van der Waals surface area contributed by atoms with Crippen molar-refractivity contribution in [3.05, 3.63) is 62.9 Å². The quantitative estimate of drug-likeness (QED) is 0.290. The molecule has 3 N–H and O–H groups in total. The van der Waals surface area contributed by atoms with E-state index in [4.69, 9.17) is 18.5 Å². The Morgan fingerprint density at radius 2 is 1.97 bits per heavy atom. The summed E-state index contributed by atoms with van der Waals surface area (Å²) < 4.78 is 36.9. The van der Waals surface area contributed by atoms with Gasteiger partial charge in [-0.15, -0.1) is 0 Å². The third kappa shape index (κ3) is 6.40. The number of carbonyl (C=O) groups excluding carboxylic acids is 1. The maximum Gasteiger partial charge on any atom is 0.459 e. The monoisotopic (exact) mass is 550 g/mol. The van der Waals surface area contributed by atoms with Crippen LogP contribution in [0.3, 0.4) is 0 Å². The summed E-state index contributed by atoms with van der Waals surface area (Å²) in [5.74, 6) is -0.516. The normalized spacial score (nSPS) is 25.4. The van der Waals surface area contributed by atoms with Gasteiger partial charge in [-0.25, -0.2) is 9.36 Å². The smallest absolute Gasteiger partial charge is 0.459 e. The van der Waals surface area contributed by atoms with Crippen molar-refractivity contribution in [1.82, 2.24) is 14.6 Å². The van der Waals surface area contributed by atoms with Crippen LogP contribution in [0, 0.1) is 23.7 Å². The molecule has 0 saturated carbocycles. The maximum absolute atomic E-state index is 13.7.